The van der Waals surface area contributed by atoms with Gasteiger partial charge in [0.25, 0.3) is 0 Å². The molecule has 0 amide bonds. The Kier molecular flexibility index (Phi) is 3.42. The molecule has 5 heteroatoms. The van der Waals surface area contributed by atoms with Crippen molar-refractivity contribution in [1.82, 2.24) is 9.97 Å². The number of aromatic nitrogens is 2. The Balaban J connectivity index is 1.87. The Bertz CT molecular complexity index is 750. The molecule has 1 unspecified atom stereocenters. The van der Waals surface area contributed by atoms with Gasteiger partial charge in [-0.3, -0.25) is 4.79 Å². The molecular weight excluding hydrogens is 302 g/mol. The zero-order chi connectivity index (χ0) is 17.1. The van der Waals surface area contributed by atoms with Crippen molar-refractivity contribution in [2.45, 2.75) is 57.3 Å². The predicted octanol–water partition coefficient (Wildman–Crippen LogP) is 2.93. The highest BCUT2D eigenvalue weighted by molar-refractivity contribution is 5.87. The quantitative estimate of drug-likeness (QED) is 0.835. The van der Waals surface area contributed by atoms with Crippen molar-refractivity contribution in [2.24, 2.45) is 17.8 Å². The first-order valence-corrected chi connectivity index (χ1v) is 8.88. The molecule has 1 heterocycles. The van der Waals surface area contributed by atoms with E-state index in [0.717, 1.165) is 42.8 Å². The Labute approximate surface area is 142 Å². The number of ketones is 1. The molecule has 24 heavy (non-hydrogen) atoms. The lowest BCUT2D eigenvalue weighted by Crippen LogP contribution is -2.50. The molecule has 4 atom stereocenters. The van der Waals surface area contributed by atoms with Crippen molar-refractivity contribution in [3.63, 3.8) is 0 Å². The molecule has 0 spiro atoms. The number of hydrogen-bond donors (Lipinski definition) is 0. The van der Waals surface area contributed by atoms with Crippen LogP contribution < -0.4 is 4.74 Å². The van der Waals surface area contributed by atoms with Crippen molar-refractivity contribution in [3.8, 4) is 11.9 Å². The van der Waals surface area contributed by atoms with Crippen LogP contribution in [0.4, 0.5) is 0 Å². The van der Waals surface area contributed by atoms with Crippen LogP contribution in [0.15, 0.2) is 0 Å². The molecule has 126 valence electrons. The maximum Gasteiger partial charge on any atom is 0.219 e. The second kappa shape index (κ2) is 5.27. The molecule has 0 aliphatic heterocycles. The van der Waals surface area contributed by atoms with Gasteiger partial charge in [0, 0.05) is 22.8 Å². The minimum atomic E-state index is -0.530. The lowest BCUT2D eigenvalue weighted by atomic mass is 9.54. The number of nitriles is 1. The van der Waals surface area contributed by atoms with Gasteiger partial charge in [-0.05, 0) is 38.0 Å². The summed E-state index contributed by atoms with van der Waals surface area (Å²) in [6, 6.07) is 2.23. The van der Waals surface area contributed by atoms with Crippen molar-refractivity contribution in [2.75, 3.05) is 7.11 Å². The molecule has 5 nitrogen and oxygen atoms in total. The van der Waals surface area contributed by atoms with Crippen LogP contribution in [0.5, 0.6) is 5.88 Å². The Morgan fingerprint density at radius 2 is 2.04 bits per heavy atom. The van der Waals surface area contributed by atoms with Gasteiger partial charge in [0.1, 0.15) is 11.7 Å². The molecule has 0 bridgehead atoms. The van der Waals surface area contributed by atoms with Crippen LogP contribution in [-0.4, -0.2) is 22.9 Å². The van der Waals surface area contributed by atoms with Gasteiger partial charge >= 0.3 is 0 Å². The first kappa shape index (κ1) is 15.6. The van der Waals surface area contributed by atoms with Gasteiger partial charge in [0.05, 0.1) is 18.9 Å². The fraction of sp³-hybridized carbons (Fsp3) is 0.684. The zero-order valence-electron chi connectivity index (χ0n) is 14.5. The maximum atomic E-state index is 12.5. The normalized spacial score (nSPS) is 34.9. The zero-order valence-corrected chi connectivity index (χ0v) is 14.5. The van der Waals surface area contributed by atoms with E-state index in [1.54, 1.807) is 7.11 Å². The monoisotopic (exact) mass is 325 g/mol. The van der Waals surface area contributed by atoms with E-state index in [1.165, 1.54) is 0 Å². The van der Waals surface area contributed by atoms with Gasteiger partial charge in [-0.25, -0.2) is 4.98 Å². The first-order chi connectivity index (χ1) is 11.5. The highest BCUT2D eigenvalue weighted by atomic mass is 16.5. The summed E-state index contributed by atoms with van der Waals surface area (Å²) in [4.78, 5) is 22.1. The van der Waals surface area contributed by atoms with E-state index in [1.807, 2.05) is 6.92 Å². The summed E-state index contributed by atoms with van der Waals surface area (Å²) in [6.45, 7) is 4.17. The third kappa shape index (κ3) is 2.08. The first-order valence-electron chi connectivity index (χ1n) is 8.88. The summed E-state index contributed by atoms with van der Waals surface area (Å²) in [5.74, 6) is 1.75. The van der Waals surface area contributed by atoms with E-state index in [9.17, 15) is 10.1 Å². The van der Waals surface area contributed by atoms with Gasteiger partial charge < -0.3 is 4.74 Å². The Morgan fingerprint density at radius 1 is 1.29 bits per heavy atom. The van der Waals surface area contributed by atoms with E-state index in [-0.39, 0.29) is 23.0 Å². The average Bonchev–Trinajstić information content (AvgIpc) is 3.42. The summed E-state index contributed by atoms with van der Waals surface area (Å²) in [5, 5.41) is 9.46. The minimum absolute atomic E-state index is 0.0908. The van der Waals surface area contributed by atoms with Crippen LogP contribution >= 0.6 is 0 Å². The van der Waals surface area contributed by atoms with Crippen molar-refractivity contribution in [1.29, 1.82) is 5.26 Å². The van der Waals surface area contributed by atoms with Crippen molar-refractivity contribution in [3.05, 3.63) is 17.1 Å². The largest absolute Gasteiger partial charge is 0.481 e. The number of carbonyl (C=O) groups excluding carboxylic acids is 1. The number of hydrogen-bond acceptors (Lipinski definition) is 5. The summed E-state index contributed by atoms with van der Waals surface area (Å²) in [5.41, 5.74) is 1.87. The molecule has 3 aliphatic carbocycles. The molecule has 2 saturated carbocycles. The van der Waals surface area contributed by atoms with Gasteiger partial charge in [0.2, 0.25) is 5.88 Å². The fourth-order valence-corrected chi connectivity index (χ4v) is 4.86. The average molecular weight is 325 g/mol. The van der Waals surface area contributed by atoms with Crippen molar-refractivity contribution >= 4 is 5.78 Å². The summed E-state index contributed by atoms with van der Waals surface area (Å²) < 4.78 is 5.57. The Hall–Kier alpha value is -1.96. The van der Waals surface area contributed by atoms with E-state index in [2.05, 4.69) is 18.0 Å². The molecule has 0 N–H and O–H groups in total. The second-order valence-corrected chi connectivity index (χ2v) is 7.83. The number of methoxy groups -OCH3 is 1. The summed E-state index contributed by atoms with van der Waals surface area (Å²) >= 11 is 0. The third-order valence-electron chi connectivity index (χ3n) is 6.37. The van der Waals surface area contributed by atoms with Crippen LogP contribution in [0.2, 0.25) is 0 Å². The van der Waals surface area contributed by atoms with E-state index < -0.39 is 5.92 Å². The van der Waals surface area contributed by atoms with E-state index >= 15 is 0 Å². The van der Waals surface area contributed by atoms with Crippen LogP contribution in [0, 0.1) is 29.1 Å². The Morgan fingerprint density at radius 3 is 2.67 bits per heavy atom. The topological polar surface area (TPSA) is 75.9 Å². The van der Waals surface area contributed by atoms with E-state index in [4.69, 9.17) is 9.72 Å². The van der Waals surface area contributed by atoms with Crippen LogP contribution in [-0.2, 0) is 16.6 Å². The smallest absolute Gasteiger partial charge is 0.219 e. The number of Topliss-reactive ketones (excluding diaryl/α,β-unsaturated/α-hetero) is 1. The molecule has 3 aliphatic rings. The molecule has 0 radical (unpaired) electrons. The second-order valence-electron chi connectivity index (χ2n) is 7.83. The lowest BCUT2D eigenvalue weighted by Gasteiger charge is -2.49. The molecule has 1 aromatic rings. The summed E-state index contributed by atoms with van der Waals surface area (Å²) in [6.07, 6.45) is 4.61. The fourth-order valence-electron chi connectivity index (χ4n) is 4.86. The minimum Gasteiger partial charge on any atom is -0.481 e. The van der Waals surface area contributed by atoms with Gasteiger partial charge in [-0.15, -0.1) is 0 Å². The molecular formula is C19H23N3O2. The number of ether oxygens (including phenoxy) is 1. The third-order valence-corrected chi connectivity index (χ3v) is 6.37. The van der Waals surface area contributed by atoms with E-state index in [0.29, 0.717) is 18.2 Å². The molecule has 4 rings (SSSR count). The highest BCUT2D eigenvalue weighted by Gasteiger charge is 2.53. The van der Waals surface area contributed by atoms with Crippen LogP contribution in [0.3, 0.4) is 0 Å². The molecule has 0 aromatic carbocycles. The predicted molar refractivity (Wildman–Crippen MR) is 87.6 cm³/mol. The van der Waals surface area contributed by atoms with Crippen LogP contribution in [0.1, 0.15) is 62.5 Å². The van der Waals surface area contributed by atoms with Gasteiger partial charge in [-0.1, -0.05) is 13.8 Å². The highest BCUT2D eigenvalue weighted by Crippen LogP contribution is 2.53. The molecule has 2 fully saturated rings. The molecule has 1 aromatic heterocycles. The summed E-state index contributed by atoms with van der Waals surface area (Å²) in [7, 11) is 1.67. The number of carbonyl (C=O) groups is 1. The lowest BCUT2D eigenvalue weighted by molar-refractivity contribution is -0.132. The number of nitrogens with zero attached hydrogens (tertiary/aromatic N) is 3. The number of fused-ring (bicyclic) bond motifs is 3. The van der Waals surface area contributed by atoms with Crippen LogP contribution in [0.25, 0.3) is 0 Å². The standard InChI is InChI=1S/C19H23N3O2/c1-10-14-7-6-13-16(19(14,2)8-12(9-20)15(10)23)21-17(11-4-5-11)22-18(13)24-3/h10-12,14H,4-8H2,1-3H3/t10-,12?,14-,19-/m0/s1. The maximum absolute atomic E-state index is 12.5. The number of rotatable bonds is 2. The van der Waals surface area contributed by atoms with Crippen molar-refractivity contribution < 1.29 is 9.53 Å². The van der Waals surface area contributed by atoms with Gasteiger partial charge in [0.15, 0.2) is 5.78 Å². The SMILES string of the molecule is COc1nc(C2CC2)nc2c1CC[C@H]1[C@H](C)C(=O)C(C#N)C[C@]21C. The molecule has 0 saturated heterocycles. The van der Waals surface area contributed by atoms with Gasteiger partial charge in [-0.2, -0.15) is 10.2 Å².